The van der Waals surface area contributed by atoms with Gasteiger partial charge in [0.2, 0.25) is 0 Å². The molecule has 0 amide bonds. The van der Waals surface area contributed by atoms with Gasteiger partial charge in [-0.1, -0.05) is 11.6 Å². The van der Waals surface area contributed by atoms with Crippen molar-refractivity contribution in [2.24, 2.45) is 5.73 Å². The quantitative estimate of drug-likeness (QED) is 0.835. The molecule has 0 radical (unpaired) electrons. The van der Waals surface area contributed by atoms with Gasteiger partial charge in [0.15, 0.2) is 0 Å². The summed E-state index contributed by atoms with van der Waals surface area (Å²) in [6.45, 7) is 2.30. The summed E-state index contributed by atoms with van der Waals surface area (Å²) < 4.78 is 5.82. The zero-order valence-corrected chi connectivity index (χ0v) is 10.6. The molecule has 3 nitrogen and oxygen atoms in total. The van der Waals surface area contributed by atoms with Gasteiger partial charge in [0.1, 0.15) is 0 Å². The second-order valence-corrected chi connectivity index (χ2v) is 5.42. The molecule has 0 fully saturated rings. The predicted octanol–water partition coefficient (Wildman–Crippen LogP) is 1.81. The highest BCUT2D eigenvalue weighted by atomic mass is 35.5. The molecular weight excluding hydrogens is 232 g/mol. The van der Waals surface area contributed by atoms with E-state index in [-0.39, 0.29) is 6.04 Å². The maximum atomic E-state index is 5.85. The van der Waals surface area contributed by atoms with Crippen LogP contribution in [0.1, 0.15) is 4.88 Å². The first-order valence-electron chi connectivity index (χ1n) is 4.79. The van der Waals surface area contributed by atoms with Gasteiger partial charge in [0.25, 0.3) is 0 Å². The van der Waals surface area contributed by atoms with E-state index >= 15 is 0 Å². The molecule has 1 unspecified atom stereocenters. The first-order chi connectivity index (χ1) is 7.11. The van der Waals surface area contributed by atoms with E-state index in [2.05, 4.69) is 4.90 Å². The normalized spacial score (nSPS) is 13.4. The SMILES string of the molecule is COCC(N)CN(C)Cc1ccc(Cl)s1. The molecule has 1 aromatic rings. The van der Waals surface area contributed by atoms with Crippen LogP contribution in [0.15, 0.2) is 12.1 Å². The Bertz CT molecular complexity index is 293. The van der Waals surface area contributed by atoms with E-state index in [1.54, 1.807) is 18.4 Å². The third-order valence-corrected chi connectivity index (χ3v) is 3.20. The van der Waals surface area contributed by atoms with E-state index in [4.69, 9.17) is 22.1 Å². The molecule has 0 saturated carbocycles. The number of halogens is 1. The average molecular weight is 249 g/mol. The number of rotatable bonds is 6. The highest BCUT2D eigenvalue weighted by Gasteiger charge is 2.08. The van der Waals surface area contributed by atoms with Crippen molar-refractivity contribution in [1.29, 1.82) is 0 Å². The van der Waals surface area contributed by atoms with Gasteiger partial charge in [-0.2, -0.15) is 0 Å². The fraction of sp³-hybridized carbons (Fsp3) is 0.600. The molecule has 1 rings (SSSR count). The van der Waals surface area contributed by atoms with Gasteiger partial charge >= 0.3 is 0 Å². The lowest BCUT2D eigenvalue weighted by atomic mass is 10.3. The fourth-order valence-electron chi connectivity index (χ4n) is 1.43. The standard InChI is InChI=1S/C10H17ClN2OS/c1-13(5-8(12)7-14-2)6-9-3-4-10(11)15-9/h3-4,8H,5-7,12H2,1-2H3. The van der Waals surface area contributed by atoms with Gasteiger partial charge < -0.3 is 10.5 Å². The van der Waals surface area contributed by atoms with Crippen LogP contribution in [0.3, 0.4) is 0 Å². The summed E-state index contributed by atoms with van der Waals surface area (Å²) in [7, 11) is 3.71. The van der Waals surface area contributed by atoms with E-state index in [9.17, 15) is 0 Å². The number of hydrogen-bond donors (Lipinski definition) is 1. The van der Waals surface area contributed by atoms with E-state index < -0.39 is 0 Å². The van der Waals surface area contributed by atoms with Crippen molar-refractivity contribution in [1.82, 2.24) is 4.90 Å². The lowest BCUT2D eigenvalue weighted by Gasteiger charge is -2.19. The van der Waals surface area contributed by atoms with E-state index in [1.165, 1.54) is 4.88 Å². The minimum absolute atomic E-state index is 0.0652. The van der Waals surface area contributed by atoms with Crippen LogP contribution in [-0.2, 0) is 11.3 Å². The molecule has 0 spiro atoms. The number of nitrogens with two attached hydrogens (primary N) is 1. The predicted molar refractivity (Wildman–Crippen MR) is 65.5 cm³/mol. The molecular formula is C10H17ClN2OS. The van der Waals surface area contributed by atoms with E-state index in [0.29, 0.717) is 6.61 Å². The van der Waals surface area contributed by atoms with Crippen molar-refractivity contribution in [3.63, 3.8) is 0 Å². The van der Waals surface area contributed by atoms with Gasteiger partial charge in [-0.3, -0.25) is 4.90 Å². The summed E-state index contributed by atoms with van der Waals surface area (Å²) in [4.78, 5) is 3.43. The highest BCUT2D eigenvalue weighted by molar-refractivity contribution is 7.16. The third-order valence-electron chi connectivity index (χ3n) is 1.98. The minimum atomic E-state index is 0.0652. The van der Waals surface area contributed by atoms with Crippen LogP contribution >= 0.6 is 22.9 Å². The molecule has 5 heteroatoms. The van der Waals surface area contributed by atoms with E-state index in [0.717, 1.165) is 17.4 Å². The number of ether oxygens (including phenoxy) is 1. The van der Waals surface area contributed by atoms with Crippen LogP contribution < -0.4 is 5.73 Å². The summed E-state index contributed by atoms with van der Waals surface area (Å²) in [5.74, 6) is 0. The van der Waals surface area contributed by atoms with Gasteiger partial charge in [-0.05, 0) is 19.2 Å². The van der Waals surface area contributed by atoms with Crippen LogP contribution in [0.5, 0.6) is 0 Å². The number of thiophene rings is 1. The summed E-state index contributed by atoms with van der Waals surface area (Å²) in [5.41, 5.74) is 5.85. The Morgan fingerprint density at radius 3 is 2.87 bits per heavy atom. The van der Waals surface area contributed by atoms with Crippen LogP contribution in [-0.4, -0.2) is 38.3 Å². The Kier molecular flexibility index (Phi) is 5.56. The maximum absolute atomic E-state index is 5.85. The third kappa shape index (κ3) is 4.95. The Hall–Kier alpha value is -0.130. The van der Waals surface area contributed by atoms with Gasteiger partial charge in [-0.15, -0.1) is 11.3 Å². The highest BCUT2D eigenvalue weighted by Crippen LogP contribution is 2.22. The van der Waals surface area contributed by atoms with Crippen molar-refractivity contribution in [3.8, 4) is 0 Å². The van der Waals surface area contributed by atoms with Crippen LogP contribution in [0.2, 0.25) is 4.34 Å². The molecule has 0 aliphatic carbocycles. The molecule has 0 aromatic carbocycles. The van der Waals surface area contributed by atoms with Gasteiger partial charge in [-0.25, -0.2) is 0 Å². The number of hydrogen-bond acceptors (Lipinski definition) is 4. The Labute approximate surface area is 99.8 Å². The number of nitrogens with zero attached hydrogens (tertiary/aromatic N) is 1. The maximum Gasteiger partial charge on any atom is 0.0931 e. The smallest absolute Gasteiger partial charge is 0.0931 e. The molecule has 1 heterocycles. The first-order valence-corrected chi connectivity index (χ1v) is 5.98. The molecule has 2 N–H and O–H groups in total. The Balaban J connectivity index is 2.32. The first kappa shape index (κ1) is 12.9. The van der Waals surface area contributed by atoms with Crippen molar-refractivity contribution >= 4 is 22.9 Å². The molecule has 1 atom stereocenters. The second-order valence-electron chi connectivity index (χ2n) is 3.62. The zero-order chi connectivity index (χ0) is 11.3. The number of likely N-dealkylation sites (N-methyl/N-ethyl adjacent to an activating group) is 1. The monoisotopic (exact) mass is 248 g/mol. The minimum Gasteiger partial charge on any atom is -0.383 e. The largest absolute Gasteiger partial charge is 0.383 e. The molecule has 0 aliphatic heterocycles. The summed E-state index contributed by atoms with van der Waals surface area (Å²) in [5, 5.41) is 0. The van der Waals surface area contributed by atoms with Crippen LogP contribution in [0.4, 0.5) is 0 Å². The van der Waals surface area contributed by atoms with Crippen molar-refractivity contribution in [2.45, 2.75) is 12.6 Å². The van der Waals surface area contributed by atoms with Crippen molar-refractivity contribution < 1.29 is 4.74 Å². The van der Waals surface area contributed by atoms with E-state index in [1.807, 2.05) is 19.2 Å². The summed E-state index contributed by atoms with van der Waals surface area (Å²) >= 11 is 7.46. The van der Waals surface area contributed by atoms with Crippen molar-refractivity contribution in [3.05, 3.63) is 21.3 Å². The van der Waals surface area contributed by atoms with Gasteiger partial charge in [0, 0.05) is 31.1 Å². The average Bonchev–Trinajstić information content (AvgIpc) is 2.51. The van der Waals surface area contributed by atoms with Gasteiger partial charge in [0.05, 0.1) is 10.9 Å². The molecule has 86 valence electrons. The molecule has 0 saturated heterocycles. The Morgan fingerprint density at radius 2 is 2.33 bits per heavy atom. The van der Waals surface area contributed by atoms with Crippen LogP contribution in [0.25, 0.3) is 0 Å². The fourth-order valence-corrected chi connectivity index (χ4v) is 2.60. The topological polar surface area (TPSA) is 38.5 Å². The molecule has 0 aliphatic rings. The summed E-state index contributed by atoms with van der Waals surface area (Å²) in [6, 6.07) is 4.03. The second kappa shape index (κ2) is 6.45. The zero-order valence-electron chi connectivity index (χ0n) is 9.07. The van der Waals surface area contributed by atoms with Crippen molar-refractivity contribution in [2.75, 3.05) is 27.3 Å². The van der Waals surface area contributed by atoms with Crippen LogP contribution in [0, 0.1) is 0 Å². The summed E-state index contributed by atoms with van der Waals surface area (Å²) in [6.07, 6.45) is 0. The number of methoxy groups -OCH3 is 1. The molecule has 0 bridgehead atoms. The lowest BCUT2D eigenvalue weighted by Crippen LogP contribution is -2.37. The molecule has 1 aromatic heterocycles. The molecule has 15 heavy (non-hydrogen) atoms. The lowest BCUT2D eigenvalue weighted by molar-refractivity contribution is 0.160. The Morgan fingerprint density at radius 1 is 1.60 bits per heavy atom.